The van der Waals surface area contributed by atoms with Crippen molar-refractivity contribution in [3.8, 4) is 11.1 Å². The Kier molecular flexibility index (Phi) is 6.15. The summed E-state index contributed by atoms with van der Waals surface area (Å²) in [5.41, 5.74) is 11.1. The van der Waals surface area contributed by atoms with E-state index < -0.39 is 0 Å². The highest BCUT2D eigenvalue weighted by Gasteiger charge is 2.19. The number of nitrogens with one attached hydrogen (secondary N) is 1. The molecule has 3 aromatic rings. The van der Waals surface area contributed by atoms with Gasteiger partial charge in [-0.2, -0.15) is 0 Å². The summed E-state index contributed by atoms with van der Waals surface area (Å²) in [7, 11) is 0. The number of pyridine rings is 2. The summed E-state index contributed by atoms with van der Waals surface area (Å²) >= 11 is 0. The molecule has 1 fully saturated rings. The summed E-state index contributed by atoms with van der Waals surface area (Å²) in [5, 5.41) is 3.33. The third-order valence-corrected chi connectivity index (χ3v) is 5.66. The number of halogens is 1. The maximum absolute atomic E-state index is 13.4. The van der Waals surface area contributed by atoms with Crippen LogP contribution in [0.15, 0.2) is 61.1 Å². The summed E-state index contributed by atoms with van der Waals surface area (Å²) in [5.74, 6) is 0.454. The molecule has 2 aromatic heterocycles. The van der Waals surface area contributed by atoms with Gasteiger partial charge >= 0.3 is 0 Å². The van der Waals surface area contributed by atoms with Gasteiger partial charge in [0.15, 0.2) is 0 Å². The van der Waals surface area contributed by atoms with Gasteiger partial charge in [-0.3, -0.25) is 9.97 Å². The first-order valence-electron chi connectivity index (χ1n) is 10.3. The Balaban J connectivity index is 1.43. The highest BCUT2D eigenvalue weighted by Crippen LogP contribution is 2.28. The second kappa shape index (κ2) is 9.14. The number of anilines is 1. The number of benzene rings is 1. The molecular formula is C24H27FN4. The zero-order valence-electron chi connectivity index (χ0n) is 16.5. The van der Waals surface area contributed by atoms with E-state index in [1.807, 2.05) is 24.5 Å². The number of rotatable bonds is 6. The molecule has 4 nitrogen and oxygen atoms in total. The fourth-order valence-electron chi connectivity index (χ4n) is 4.00. The Morgan fingerprint density at radius 1 is 1.00 bits per heavy atom. The molecule has 0 spiro atoms. The highest BCUT2D eigenvalue weighted by atomic mass is 19.1. The fraction of sp³-hybridized carbons (Fsp3) is 0.333. The van der Waals surface area contributed by atoms with E-state index >= 15 is 0 Å². The van der Waals surface area contributed by atoms with Crippen molar-refractivity contribution < 1.29 is 4.39 Å². The third kappa shape index (κ3) is 5.39. The second-order valence-electron chi connectivity index (χ2n) is 7.97. The first-order chi connectivity index (χ1) is 14.2. The van der Waals surface area contributed by atoms with E-state index in [-0.39, 0.29) is 5.82 Å². The largest absolute Gasteiger partial charge is 0.380 e. The van der Waals surface area contributed by atoms with Crippen LogP contribution in [0.25, 0.3) is 11.1 Å². The minimum absolute atomic E-state index is 0.222. The smallest absolute Gasteiger partial charge is 0.123 e. The maximum atomic E-state index is 13.4. The molecule has 0 atom stereocenters. The van der Waals surface area contributed by atoms with Crippen molar-refractivity contribution in [2.24, 2.45) is 11.7 Å². The molecule has 1 saturated carbocycles. The summed E-state index contributed by atoms with van der Waals surface area (Å²) in [4.78, 5) is 8.96. The van der Waals surface area contributed by atoms with Gasteiger partial charge in [0, 0.05) is 42.4 Å². The average Bonchev–Trinajstić information content (AvgIpc) is 2.74. The Labute approximate surface area is 171 Å². The van der Waals surface area contributed by atoms with E-state index in [0.29, 0.717) is 18.5 Å². The number of hydrogen-bond acceptors (Lipinski definition) is 4. The predicted molar refractivity (Wildman–Crippen MR) is 115 cm³/mol. The molecule has 1 aromatic carbocycles. The van der Waals surface area contributed by atoms with Gasteiger partial charge in [0.25, 0.3) is 0 Å². The highest BCUT2D eigenvalue weighted by molar-refractivity contribution is 5.66. The molecule has 150 valence electrons. The zero-order valence-corrected chi connectivity index (χ0v) is 16.5. The molecule has 0 amide bonds. The van der Waals surface area contributed by atoms with Crippen LogP contribution in [0.3, 0.4) is 0 Å². The molecular weight excluding hydrogens is 363 g/mol. The first kappa shape index (κ1) is 19.5. The fourth-order valence-corrected chi connectivity index (χ4v) is 4.00. The average molecular weight is 391 g/mol. The summed E-state index contributed by atoms with van der Waals surface area (Å²) in [6, 6.07) is 13.3. The van der Waals surface area contributed by atoms with Gasteiger partial charge in [-0.25, -0.2) is 4.39 Å². The lowest BCUT2D eigenvalue weighted by atomic mass is 9.83. The van der Waals surface area contributed by atoms with Crippen molar-refractivity contribution in [3.05, 3.63) is 78.1 Å². The van der Waals surface area contributed by atoms with Gasteiger partial charge in [0.2, 0.25) is 0 Å². The van der Waals surface area contributed by atoms with Gasteiger partial charge in [0.05, 0.1) is 5.69 Å². The summed E-state index contributed by atoms with van der Waals surface area (Å²) < 4.78 is 13.4. The van der Waals surface area contributed by atoms with Crippen molar-refractivity contribution in [1.29, 1.82) is 0 Å². The van der Waals surface area contributed by atoms with Gasteiger partial charge in [0.1, 0.15) is 5.82 Å². The van der Waals surface area contributed by atoms with E-state index in [1.54, 1.807) is 12.3 Å². The van der Waals surface area contributed by atoms with Crippen molar-refractivity contribution >= 4 is 5.69 Å². The number of nitrogens with zero attached hydrogens (tertiary/aromatic N) is 2. The first-order valence-corrected chi connectivity index (χ1v) is 10.3. The maximum Gasteiger partial charge on any atom is 0.123 e. The van der Waals surface area contributed by atoms with E-state index in [0.717, 1.165) is 47.3 Å². The zero-order chi connectivity index (χ0) is 20.1. The number of nitrogens with two attached hydrogens (primary N) is 1. The molecule has 0 radical (unpaired) electrons. The molecule has 29 heavy (non-hydrogen) atoms. The van der Waals surface area contributed by atoms with Gasteiger partial charge in [-0.05, 0) is 79.5 Å². The lowest BCUT2D eigenvalue weighted by molar-refractivity contribution is 0.323. The summed E-state index contributed by atoms with van der Waals surface area (Å²) in [6.45, 7) is 0.550. The molecule has 0 aliphatic heterocycles. The lowest BCUT2D eigenvalue weighted by Crippen LogP contribution is -2.27. The Bertz CT molecular complexity index is 951. The second-order valence-corrected chi connectivity index (χ2v) is 7.97. The van der Waals surface area contributed by atoms with Crippen LogP contribution in [0.5, 0.6) is 0 Å². The topological polar surface area (TPSA) is 63.8 Å². The van der Waals surface area contributed by atoms with Crippen LogP contribution in [0.2, 0.25) is 0 Å². The molecule has 1 aliphatic rings. The molecule has 0 saturated heterocycles. The standard InChI is InChI=1S/C24H27FN4/c25-21-3-1-2-18(10-21)14-29-24-13-20(15-27-16-24)19-8-9-28-23(12-19)11-17-4-6-22(26)7-5-17/h1-3,8-10,12-13,15-17,22,29H,4-7,11,14,26H2. The normalized spacial score (nSPS) is 19.1. The van der Waals surface area contributed by atoms with Crippen LogP contribution in [0.1, 0.15) is 36.9 Å². The van der Waals surface area contributed by atoms with Gasteiger partial charge in [-0.1, -0.05) is 12.1 Å². The van der Waals surface area contributed by atoms with Crippen LogP contribution in [-0.4, -0.2) is 16.0 Å². The SMILES string of the molecule is NC1CCC(Cc2cc(-c3cncc(NCc4cccc(F)c4)c3)ccn2)CC1. The van der Waals surface area contributed by atoms with Crippen LogP contribution in [-0.2, 0) is 13.0 Å². The summed E-state index contributed by atoms with van der Waals surface area (Å²) in [6.07, 6.45) is 11.2. The van der Waals surface area contributed by atoms with E-state index in [9.17, 15) is 4.39 Å². The van der Waals surface area contributed by atoms with Crippen molar-refractivity contribution in [3.63, 3.8) is 0 Å². The van der Waals surface area contributed by atoms with Gasteiger partial charge in [-0.15, -0.1) is 0 Å². The molecule has 3 N–H and O–H groups in total. The molecule has 2 heterocycles. The van der Waals surface area contributed by atoms with Crippen LogP contribution in [0.4, 0.5) is 10.1 Å². The number of hydrogen-bond donors (Lipinski definition) is 2. The van der Waals surface area contributed by atoms with Crippen LogP contribution >= 0.6 is 0 Å². The Hall–Kier alpha value is -2.79. The van der Waals surface area contributed by atoms with Crippen LogP contribution in [0, 0.1) is 11.7 Å². The minimum atomic E-state index is -0.222. The number of aromatic nitrogens is 2. The van der Waals surface area contributed by atoms with Gasteiger partial charge < -0.3 is 11.1 Å². The molecule has 5 heteroatoms. The third-order valence-electron chi connectivity index (χ3n) is 5.66. The van der Waals surface area contributed by atoms with Crippen molar-refractivity contribution in [1.82, 2.24) is 9.97 Å². The minimum Gasteiger partial charge on any atom is -0.380 e. The predicted octanol–water partition coefficient (Wildman–Crippen LogP) is 4.95. The van der Waals surface area contributed by atoms with E-state index in [4.69, 9.17) is 5.73 Å². The molecule has 0 unspecified atom stereocenters. The van der Waals surface area contributed by atoms with Crippen molar-refractivity contribution in [2.45, 2.75) is 44.7 Å². The monoisotopic (exact) mass is 390 g/mol. The van der Waals surface area contributed by atoms with Crippen molar-refractivity contribution in [2.75, 3.05) is 5.32 Å². The Morgan fingerprint density at radius 3 is 2.69 bits per heavy atom. The quantitative estimate of drug-likeness (QED) is 0.625. The van der Waals surface area contributed by atoms with E-state index in [1.165, 1.54) is 25.0 Å². The Morgan fingerprint density at radius 2 is 1.86 bits per heavy atom. The molecule has 0 bridgehead atoms. The lowest BCUT2D eigenvalue weighted by Gasteiger charge is -2.25. The molecule has 4 rings (SSSR count). The molecule has 1 aliphatic carbocycles. The van der Waals surface area contributed by atoms with Crippen LogP contribution < -0.4 is 11.1 Å². The van der Waals surface area contributed by atoms with E-state index in [2.05, 4.69) is 27.4 Å².